The van der Waals surface area contributed by atoms with Crippen LogP contribution in [-0.2, 0) is 17.8 Å². The number of nitrogens with zero attached hydrogens (tertiary/aromatic N) is 8. The van der Waals surface area contributed by atoms with Crippen LogP contribution in [0, 0.1) is 12.7 Å². The van der Waals surface area contributed by atoms with Gasteiger partial charge in [0.15, 0.2) is 5.82 Å². The van der Waals surface area contributed by atoms with Crippen LogP contribution in [0.3, 0.4) is 0 Å². The molecule has 3 saturated heterocycles. The molecule has 4 aliphatic rings. The van der Waals surface area contributed by atoms with E-state index in [1.165, 1.54) is 0 Å². The molecule has 3 aromatic heterocycles. The summed E-state index contributed by atoms with van der Waals surface area (Å²) in [6, 6.07) is 17.9. The molecule has 344 valence electrons. The van der Waals surface area contributed by atoms with Crippen LogP contribution in [0.15, 0.2) is 60.8 Å². The lowest BCUT2D eigenvalue weighted by Crippen LogP contribution is -2.43. The summed E-state index contributed by atoms with van der Waals surface area (Å²) in [7, 11) is 5.19. The Balaban J connectivity index is 1.12. The number of halogens is 2. The smallest absolute Gasteiger partial charge is 0.410 e. The SMILES string of the molecule is COc1ccc(CN(Cc2ccc(OC)cc2)c2cc(C)c(C3CC3)c(-c3ncc4c(N(C)[C@@H]5CCN(C(=O)OC(C)(C)C)C5)nc(OC[C@@]56CCCN5C[C@H](F)C6)nc4c3F)n2)cc1. The molecular weight excluding hydrogens is 831 g/mol. The van der Waals surface area contributed by atoms with Crippen molar-refractivity contribution < 1.29 is 32.5 Å². The van der Waals surface area contributed by atoms with Gasteiger partial charge in [-0.1, -0.05) is 24.3 Å². The van der Waals surface area contributed by atoms with Crippen LogP contribution >= 0.6 is 0 Å². The van der Waals surface area contributed by atoms with Crippen molar-refractivity contribution in [3.8, 4) is 28.9 Å². The first-order chi connectivity index (χ1) is 31.2. The third-order valence-electron chi connectivity index (χ3n) is 13.4. The molecule has 0 unspecified atom stereocenters. The largest absolute Gasteiger partial charge is 0.497 e. The number of pyridine rings is 2. The number of benzene rings is 2. The van der Waals surface area contributed by atoms with E-state index in [0.29, 0.717) is 68.3 Å². The third kappa shape index (κ3) is 9.34. The number of hydrogen-bond donors (Lipinski definition) is 0. The van der Waals surface area contributed by atoms with E-state index in [9.17, 15) is 9.18 Å². The number of aryl methyl sites for hydroxylation is 1. The van der Waals surface area contributed by atoms with Crippen LogP contribution < -0.4 is 24.0 Å². The van der Waals surface area contributed by atoms with Crippen LogP contribution in [-0.4, -0.2) is 113 Å². The third-order valence-corrected chi connectivity index (χ3v) is 13.4. The molecule has 1 aliphatic carbocycles. The summed E-state index contributed by atoms with van der Waals surface area (Å²) < 4.78 is 55.7. The Morgan fingerprint density at radius 3 is 2.22 bits per heavy atom. The Labute approximate surface area is 380 Å². The van der Waals surface area contributed by atoms with E-state index in [1.54, 1.807) is 25.3 Å². The zero-order valence-corrected chi connectivity index (χ0v) is 38.6. The van der Waals surface area contributed by atoms with Gasteiger partial charge in [0.2, 0.25) is 0 Å². The summed E-state index contributed by atoms with van der Waals surface area (Å²) in [5.41, 5.74) is 3.64. The number of alkyl halides is 1. The van der Waals surface area contributed by atoms with Gasteiger partial charge < -0.3 is 33.6 Å². The van der Waals surface area contributed by atoms with E-state index in [4.69, 9.17) is 38.9 Å². The monoisotopic (exact) mass is 890 g/mol. The number of carbonyl (C=O) groups is 1. The van der Waals surface area contributed by atoms with Crippen molar-refractivity contribution in [3.63, 3.8) is 0 Å². The summed E-state index contributed by atoms with van der Waals surface area (Å²) in [5, 5.41) is 0.406. The van der Waals surface area contributed by atoms with Gasteiger partial charge in [0.05, 0.1) is 30.8 Å². The number of amides is 1. The summed E-state index contributed by atoms with van der Waals surface area (Å²) in [6.45, 7) is 10.9. The van der Waals surface area contributed by atoms with Crippen molar-refractivity contribution in [2.45, 2.75) is 109 Å². The van der Waals surface area contributed by atoms with Gasteiger partial charge in [-0.05, 0) is 125 Å². The van der Waals surface area contributed by atoms with E-state index in [0.717, 1.165) is 66.0 Å². The van der Waals surface area contributed by atoms with Crippen molar-refractivity contribution >= 4 is 28.6 Å². The van der Waals surface area contributed by atoms with Crippen LogP contribution in [0.25, 0.3) is 22.3 Å². The van der Waals surface area contributed by atoms with Crippen molar-refractivity contribution in [2.24, 2.45) is 0 Å². The number of likely N-dealkylation sites (tertiary alicyclic amines) is 1. The first kappa shape index (κ1) is 44.4. The Morgan fingerprint density at radius 1 is 0.908 bits per heavy atom. The zero-order valence-electron chi connectivity index (χ0n) is 38.6. The predicted molar refractivity (Wildman–Crippen MR) is 246 cm³/mol. The fourth-order valence-corrected chi connectivity index (χ4v) is 9.91. The molecule has 0 bridgehead atoms. The molecule has 0 spiro atoms. The van der Waals surface area contributed by atoms with Gasteiger partial charge in [-0.25, -0.2) is 18.6 Å². The molecule has 13 nitrogen and oxygen atoms in total. The Kier molecular flexibility index (Phi) is 12.2. The lowest BCUT2D eigenvalue weighted by atomic mass is 9.95. The summed E-state index contributed by atoms with van der Waals surface area (Å²) in [4.78, 5) is 41.0. The van der Waals surface area contributed by atoms with Gasteiger partial charge in [0.1, 0.15) is 52.7 Å². The predicted octanol–water partition coefficient (Wildman–Crippen LogP) is 9.04. The molecule has 4 fully saturated rings. The van der Waals surface area contributed by atoms with Gasteiger partial charge in [-0.2, -0.15) is 9.97 Å². The molecular formula is C50H60F2N8O5. The second-order valence-corrected chi connectivity index (χ2v) is 19.2. The number of fused-ring (bicyclic) bond motifs is 2. The van der Waals surface area contributed by atoms with Crippen LogP contribution in [0.5, 0.6) is 17.5 Å². The number of anilines is 2. The number of ether oxygens (including phenoxy) is 4. The summed E-state index contributed by atoms with van der Waals surface area (Å²) in [6.07, 6.45) is 5.04. The highest BCUT2D eigenvalue weighted by molar-refractivity contribution is 5.92. The number of aromatic nitrogens is 4. The Bertz CT molecular complexity index is 2490. The normalized spacial score (nSPS) is 20.8. The molecule has 5 aromatic rings. The number of hydrogen-bond acceptors (Lipinski definition) is 12. The van der Waals surface area contributed by atoms with Crippen LogP contribution in [0.1, 0.15) is 87.5 Å². The van der Waals surface area contributed by atoms with Crippen LogP contribution in [0.4, 0.5) is 25.2 Å². The lowest BCUT2D eigenvalue weighted by Gasteiger charge is -2.31. The van der Waals surface area contributed by atoms with Gasteiger partial charge in [0.25, 0.3) is 0 Å². The number of likely N-dealkylation sites (N-methyl/N-ethyl adjacent to an activating group) is 1. The highest BCUT2D eigenvalue weighted by Crippen LogP contribution is 2.47. The van der Waals surface area contributed by atoms with Gasteiger partial charge in [-0.15, -0.1) is 0 Å². The zero-order chi connectivity index (χ0) is 45.6. The minimum Gasteiger partial charge on any atom is -0.497 e. The molecule has 1 saturated carbocycles. The van der Waals surface area contributed by atoms with Crippen molar-refractivity contribution in [2.75, 3.05) is 63.9 Å². The van der Waals surface area contributed by atoms with Crippen molar-refractivity contribution in [1.29, 1.82) is 0 Å². The molecule has 15 heteroatoms. The Hall–Kier alpha value is -5.83. The van der Waals surface area contributed by atoms with E-state index in [2.05, 4.69) is 22.8 Å². The van der Waals surface area contributed by atoms with Gasteiger partial charge in [-0.3, -0.25) is 9.88 Å². The molecule has 3 atom stereocenters. The first-order valence-electron chi connectivity index (χ1n) is 22.8. The molecule has 2 aromatic carbocycles. The molecule has 65 heavy (non-hydrogen) atoms. The topological polar surface area (TPSA) is 119 Å². The average Bonchev–Trinajstić information content (AvgIpc) is 3.71. The second-order valence-electron chi connectivity index (χ2n) is 19.2. The van der Waals surface area contributed by atoms with E-state index in [1.807, 2.05) is 81.2 Å². The molecule has 1 amide bonds. The van der Waals surface area contributed by atoms with Gasteiger partial charge >= 0.3 is 12.1 Å². The minimum absolute atomic E-state index is 0.00592. The fraction of sp³-hybridized carbons (Fsp3) is 0.500. The summed E-state index contributed by atoms with van der Waals surface area (Å²) >= 11 is 0. The fourth-order valence-electron chi connectivity index (χ4n) is 9.91. The molecule has 0 radical (unpaired) electrons. The number of rotatable bonds is 14. The first-order valence-corrected chi connectivity index (χ1v) is 22.8. The molecule has 6 heterocycles. The van der Waals surface area contributed by atoms with E-state index in [-0.39, 0.29) is 41.9 Å². The lowest BCUT2D eigenvalue weighted by molar-refractivity contribution is 0.0292. The standard InChI is InChI=1S/C50H60F2N8O5/c1-31-23-40(59(26-32-9-15-37(62-6)16-10-32)27-33-11-17-38(63-7)18-12-33)54-44(41(31)34-13-14-34)45-42(52)43-39(25-53-45)46(57(5)36-19-22-58(29-36)48(61)65-49(2,3)4)56-47(55-43)64-30-50-20-8-21-60(50)28-35(51)24-50/h9-12,15-18,23,25,34-36H,8,13-14,19-22,24,26-30H2,1-7H3/t35-,36-,50+/m1/s1. The highest BCUT2D eigenvalue weighted by Gasteiger charge is 2.49. The van der Waals surface area contributed by atoms with Gasteiger partial charge in [0, 0.05) is 58.4 Å². The number of carbonyl (C=O) groups excluding carboxylic acids is 1. The van der Waals surface area contributed by atoms with Crippen molar-refractivity contribution in [3.05, 3.63) is 88.9 Å². The molecule has 9 rings (SSSR count). The summed E-state index contributed by atoms with van der Waals surface area (Å²) in [5.74, 6) is 2.24. The second kappa shape index (κ2) is 17.9. The maximum atomic E-state index is 17.8. The van der Waals surface area contributed by atoms with E-state index < -0.39 is 23.1 Å². The highest BCUT2D eigenvalue weighted by atomic mass is 19.1. The average molecular weight is 891 g/mol. The molecule has 0 N–H and O–H groups in total. The van der Waals surface area contributed by atoms with Crippen molar-refractivity contribution in [1.82, 2.24) is 29.7 Å². The molecule has 3 aliphatic heterocycles. The maximum Gasteiger partial charge on any atom is 0.410 e. The minimum atomic E-state index is -0.935. The van der Waals surface area contributed by atoms with E-state index >= 15 is 4.39 Å². The maximum absolute atomic E-state index is 17.8. The van der Waals surface area contributed by atoms with Crippen LogP contribution in [0.2, 0.25) is 0 Å². The number of methoxy groups -OCH3 is 2. The quantitative estimate of drug-likeness (QED) is 0.106. The Morgan fingerprint density at radius 2 is 1.58 bits per heavy atom.